The lowest BCUT2D eigenvalue weighted by Crippen LogP contribution is -1.98. The molecule has 0 atom stereocenters. The first-order valence-corrected chi connectivity index (χ1v) is 7.42. The predicted molar refractivity (Wildman–Crippen MR) is 83.2 cm³/mol. The van der Waals surface area contributed by atoms with E-state index in [0.29, 0.717) is 5.52 Å². The molecule has 1 aromatic heterocycles. The molecule has 2 nitrogen and oxygen atoms in total. The van der Waals surface area contributed by atoms with E-state index in [-0.39, 0.29) is 11.7 Å². The van der Waals surface area contributed by atoms with Crippen LogP contribution < -0.4 is 0 Å². The number of hydrogen-bond donors (Lipinski definition) is 1. The van der Waals surface area contributed by atoms with Gasteiger partial charge in [0.05, 0.1) is 10.5 Å². The van der Waals surface area contributed by atoms with Crippen LogP contribution in [0.2, 0.25) is 0 Å². The Morgan fingerprint density at radius 2 is 1.84 bits per heavy atom. The van der Waals surface area contributed by atoms with Crippen LogP contribution in [0.3, 0.4) is 0 Å². The number of halogens is 1. The van der Waals surface area contributed by atoms with Gasteiger partial charge in [0, 0.05) is 5.39 Å². The van der Waals surface area contributed by atoms with Crippen molar-refractivity contribution in [3.05, 3.63) is 29.6 Å². The van der Waals surface area contributed by atoms with E-state index in [2.05, 4.69) is 4.98 Å². The Bertz CT molecular complexity index is 532. The highest BCUT2D eigenvalue weighted by molar-refractivity contribution is 7.96. The summed E-state index contributed by atoms with van der Waals surface area (Å²) in [6.07, 6.45) is 0. The Hall–Kier alpha value is -1.00. The van der Waals surface area contributed by atoms with E-state index in [0.717, 1.165) is 16.0 Å². The summed E-state index contributed by atoms with van der Waals surface area (Å²) in [7, 11) is 3.93. The molecular weight excluding hydrogens is 259 g/mol. The SMILES string of the molecule is CC.CC(C)c1ccc2cc(SN(C)C)[nH]c2c1F. The van der Waals surface area contributed by atoms with Crippen molar-refractivity contribution in [2.45, 2.75) is 38.6 Å². The van der Waals surface area contributed by atoms with E-state index in [1.807, 2.05) is 64.3 Å². The van der Waals surface area contributed by atoms with Gasteiger partial charge in [-0.1, -0.05) is 39.8 Å². The number of nitrogens with one attached hydrogen (secondary N) is 1. The van der Waals surface area contributed by atoms with Gasteiger partial charge in [0.15, 0.2) is 5.82 Å². The van der Waals surface area contributed by atoms with E-state index in [4.69, 9.17) is 0 Å². The molecule has 1 N–H and O–H groups in total. The molecule has 19 heavy (non-hydrogen) atoms. The highest BCUT2D eigenvalue weighted by Crippen LogP contribution is 2.29. The number of benzene rings is 1. The van der Waals surface area contributed by atoms with E-state index in [9.17, 15) is 4.39 Å². The molecule has 0 saturated carbocycles. The largest absolute Gasteiger partial charge is 0.346 e. The van der Waals surface area contributed by atoms with Crippen LogP contribution in [0.25, 0.3) is 10.9 Å². The summed E-state index contributed by atoms with van der Waals surface area (Å²) < 4.78 is 16.2. The predicted octanol–water partition coefficient (Wildman–Crippen LogP) is 5.03. The summed E-state index contributed by atoms with van der Waals surface area (Å²) in [6.45, 7) is 8.01. The highest BCUT2D eigenvalue weighted by Gasteiger charge is 2.13. The first kappa shape index (κ1) is 16.1. The zero-order valence-corrected chi connectivity index (χ0v) is 13.4. The Kier molecular flexibility index (Phi) is 5.88. The van der Waals surface area contributed by atoms with Crippen molar-refractivity contribution >= 4 is 22.9 Å². The van der Waals surface area contributed by atoms with Crippen LogP contribution in [0.1, 0.15) is 39.2 Å². The summed E-state index contributed by atoms with van der Waals surface area (Å²) in [4.78, 5) is 3.14. The van der Waals surface area contributed by atoms with Crippen LogP contribution >= 0.6 is 11.9 Å². The highest BCUT2D eigenvalue weighted by atomic mass is 32.2. The first-order valence-electron chi connectivity index (χ1n) is 6.65. The van der Waals surface area contributed by atoms with Gasteiger partial charge in [-0.2, -0.15) is 0 Å². The van der Waals surface area contributed by atoms with Gasteiger partial charge in [-0.05, 0) is 43.6 Å². The van der Waals surface area contributed by atoms with E-state index in [1.54, 1.807) is 11.9 Å². The average molecular weight is 282 g/mol. The Morgan fingerprint density at radius 3 is 2.37 bits per heavy atom. The van der Waals surface area contributed by atoms with Crippen molar-refractivity contribution < 1.29 is 4.39 Å². The second-order valence-electron chi connectivity index (χ2n) is 4.62. The van der Waals surface area contributed by atoms with Crippen LogP contribution in [-0.2, 0) is 0 Å². The van der Waals surface area contributed by atoms with Crippen LogP contribution in [0.4, 0.5) is 4.39 Å². The summed E-state index contributed by atoms with van der Waals surface area (Å²) in [5.41, 5.74) is 1.38. The normalized spacial score (nSPS) is 11.0. The topological polar surface area (TPSA) is 19.0 Å². The molecule has 4 heteroatoms. The monoisotopic (exact) mass is 282 g/mol. The quantitative estimate of drug-likeness (QED) is 0.797. The van der Waals surface area contributed by atoms with Crippen LogP contribution in [-0.4, -0.2) is 23.4 Å². The second-order valence-corrected chi connectivity index (χ2v) is 5.98. The van der Waals surface area contributed by atoms with Crippen molar-refractivity contribution in [1.29, 1.82) is 0 Å². The second kappa shape index (κ2) is 6.96. The molecule has 106 valence electrons. The summed E-state index contributed by atoms with van der Waals surface area (Å²) >= 11 is 1.56. The lowest BCUT2D eigenvalue weighted by molar-refractivity contribution is 0.607. The maximum atomic E-state index is 14.2. The van der Waals surface area contributed by atoms with Crippen LogP contribution in [0.5, 0.6) is 0 Å². The van der Waals surface area contributed by atoms with Gasteiger partial charge in [0.2, 0.25) is 0 Å². The minimum Gasteiger partial charge on any atom is -0.346 e. The summed E-state index contributed by atoms with van der Waals surface area (Å²) in [6, 6.07) is 5.83. The minimum absolute atomic E-state index is 0.122. The lowest BCUT2D eigenvalue weighted by atomic mass is 10.0. The number of nitrogens with zero attached hydrogens (tertiary/aromatic N) is 1. The number of aromatic amines is 1. The summed E-state index contributed by atoms with van der Waals surface area (Å²) in [5, 5.41) is 1.89. The zero-order chi connectivity index (χ0) is 14.6. The van der Waals surface area contributed by atoms with Crippen molar-refractivity contribution in [1.82, 2.24) is 9.29 Å². The molecule has 0 fully saturated rings. The fourth-order valence-corrected chi connectivity index (χ4v) is 2.57. The molecular formula is C15H23FN2S. The first-order chi connectivity index (χ1) is 8.99. The third kappa shape index (κ3) is 3.74. The molecule has 1 heterocycles. The number of hydrogen-bond acceptors (Lipinski definition) is 2. The maximum absolute atomic E-state index is 14.2. The third-order valence-corrected chi connectivity index (χ3v) is 3.42. The van der Waals surface area contributed by atoms with Gasteiger partial charge >= 0.3 is 0 Å². The van der Waals surface area contributed by atoms with Crippen molar-refractivity contribution in [2.24, 2.45) is 0 Å². The number of rotatable bonds is 3. The maximum Gasteiger partial charge on any atom is 0.150 e. The standard InChI is InChI=1S/C13H17FN2S.C2H6/c1-8(2)10-6-5-9-7-11(17-16(3)4)15-13(9)12(10)14;1-2/h5-8,15H,1-4H3;1-2H3. The van der Waals surface area contributed by atoms with Gasteiger partial charge in [0.1, 0.15) is 0 Å². The van der Waals surface area contributed by atoms with Crippen molar-refractivity contribution in [3.8, 4) is 0 Å². The zero-order valence-electron chi connectivity index (χ0n) is 12.5. The molecule has 0 bridgehead atoms. The molecule has 1 aromatic carbocycles. The van der Waals surface area contributed by atoms with Gasteiger partial charge in [-0.15, -0.1) is 0 Å². The average Bonchev–Trinajstić information content (AvgIpc) is 2.74. The Labute approximate surface area is 119 Å². The molecule has 0 aliphatic rings. The van der Waals surface area contributed by atoms with Gasteiger partial charge in [-0.25, -0.2) is 4.39 Å². The molecule has 0 aliphatic heterocycles. The minimum atomic E-state index is -0.122. The van der Waals surface area contributed by atoms with Crippen molar-refractivity contribution in [3.63, 3.8) is 0 Å². The smallest absolute Gasteiger partial charge is 0.150 e. The molecule has 0 aliphatic carbocycles. The van der Waals surface area contributed by atoms with E-state index >= 15 is 0 Å². The molecule has 0 radical (unpaired) electrons. The molecule has 2 rings (SSSR count). The van der Waals surface area contributed by atoms with E-state index < -0.39 is 0 Å². The molecule has 0 saturated heterocycles. The van der Waals surface area contributed by atoms with Crippen LogP contribution in [0.15, 0.2) is 23.2 Å². The molecule has 2 aromatic rings. The number of aromatic nitrogens is 1. The Morgan fingerprint density at radius 1 is 1.21 bits per heavy atom. The number of fused-ring (bicyclic) bond motifs is 1. The van der Waals surface area contributed by atoms with Crippen molar-refractivity contribution in [2.75, 3.05) is 14.1 Å². The van der Waals surface area contributed by atoms with Gasteiger partial charge in [-0.3, -0.25) is 4.31 Å². The van der Waals surface area contributed by atoms with Gasteiger partial charge < -0.3 is 4.98 Å². The molecule has 0 amide bonds. The fourth-order valence-electron chi connectivity index (χ4n) is 1.85. The van der Waals surface area contributed by atoms with Crippen LogP contribution in [0, 0.1) is 5.82 Å². The third-order valence-electron chi connectivity index (χ3n) is 2.64. The number of H-pyrrole nitrogens is 1. The lowest BCUT2D eigenvalue weighted by Gasteiger charge is -2.07. The van der Waals surface area contributed by atoms with E-state index in [1.165, 1.54) is 0 Å². The van der Waals surface area contributed by atoms with Gasteiger partial charge in [0.25, 0.3) is 0 Å². The molecule has 0 spiro atoms. The Balaban J connectivity index is 0.000000861. The molecule has 0 unspecified atom stereocenters. The summed E-state index contributed by atoms with van der Waals surface area (Å²) in [5.74, 6) is 0.0794. The fraction of sp³-hybridized carbons (Fsp3) is 0.467.